The number of hydrogen-bond acceptors (Lipinski definition) is 4. The van der Waals surface area contributed by atoms with Gasteiger partial charge in [0.2, 0.25) is 5.89 Å². The van der Waals surface area contributed by atoms with Gasteiger partial charge in [-0.1, -0.05) is 19.0 Å². The van der Waals surface area contributed by atoms with Crippen molar-refractivity contribution in [2.45, 2.75) is 45.3 Å². The largest absolute Gasteiger partial charge is 0.455 e. The Kier molecular flexibility index (Phi) is 4.50. The molecule has 0 aromatic carbocycles. The molecule has 7 heteroatoms. The maximum absolute atomic E-state index is 12.3. The van der Waals surface area contributed by atoms with Crippen molar-refractivity contribution in [2.24, 2.45) is 0 Å². The summed E-state index contributed by atoms with van der Waals surface area (Å²) in [5.74, 6) is -1.47. The van der Waals surface area contributed by atoms with E-state index in [1.54, 1.807) is 6.92 Å². The highest BCUT2D eigenvalue weighted by Crippen LogP contribution is 2.28. The summed E-state index contributed by atoms with van der Waals surface area (Å²) in [6, 6.07) is -0.0171. The molecule has 0 saturated heterocycles. The molecule has 0 spiro atoms. The Morgan fingerprint density at radius 3 is 2.47 bits per heavy atom. The van der Waals surface area contributed by atoms with E-state index in [0.717, 1.165) is 13.0 Å². The SMILES string of the molecule is CCCNC(C)C(C)c1nc(C(F)(F)F)no1. The molecule has 1 rings (SSSR count). The minimum atomic E-state index is -4.55. The number of halogens is 3. The lowest BCUT2D eigenvalue weighted by Gasteiger charge is -2.17. The van der Waals surface area contributed by atoms with Gasteiger partial charge in [-0.2, -0.15) is 18.2 Å². The van der Waals surface area contributed by atoms with Crippen LogP contribution in [0, 0.1) is 0 Å². The second-order valence-electron chi connectivity index (χ2n) is 3.99. The van der Waals surface area contributed by atoms with Crippen molar-refractivity contribution in [1.82, 2.24) is 15.5 Å². The van der Waals surface area contributed by atoms with Crippen LogP contribution in [-0.4, -0.2) is 22.7 Å². The predicted molar refractivity (Wildman–Crippen MR) is 55.5 cm³/mol. The Morgan fingerprint density at radius 1 is 1.35 bits per heavy atom. The molecule has 1 N–H and O–H groups in total. The molecule has 0 saturated carbocycles. The van der Waals surface area contributed by atoms with Crippen molar-refractivity contribution < 1.29 is 17.7 Å². The third-order valence-electron chi connectivity index (χ3n) is 2.55. The van der Waals surface area contributed by atoms with Crippen LogP contribution >= 0.6 is 0 Å². The van der Waals surface area contributed by atoms with Gasteiger partial charge in [0.1, 0.15) is 0 Å². The first kappa shape index (κ1) is 14.0. The van der Waals surface area contributed by atoms with E-state index in [-0.39, 0.29) is 17.9 Å². The van der Waals surface area contributed by atoms with Crippen LogP contribution in [-0.2, 0) is 6.18 Å². The first-order valence-electron chi connectivity index (χ1n) is 5.50. The second-order valence-corrected chi connectivity index (χ2v) is 3.99. The third kappa shape index (κ3) is 3.69. The summed E-state index contributed by atoms with van der Waals surface area (Å²) in [5.41, 5.74) is 0. The lowest BCUT2D eigenvalue weighted by atomic mass is 10.0. The van der Waals surface area contributed by atoms with E-state index < -0.39 is 12.0 Å². The minimum Gasteiger partial charge on any atom is -0.339 e. The standard InChI is InChI=1S/C10H16F3N3O/c1-4-5-14-7(3)6(2)8-15-9(16-17-8)10(11,12)13/h6-7,14H,4-5H2,1-3H3. The van der Waals surface area contributed by atoms with Crippen molar-refractivity contribution in [3.05, 3.63) is 11.7 Å². The lowest BCUT2D eigenvalue weighted by Crippen LogP contribution is -2.31. The highest BCUT2D eigenvalue weighted by molar-refractivity contribution is 4.98. The van der Waals surface area contributed by atoms with Crippen LogP contribution in [0.2, 0.25) is 0 Å². The first-order valence-corrected chi connectivity index (χ1v) is 5.50. The maximum atomic E-state index is 12.3. The monoisotopic (exact) mass is 251 g/mol. The minimum absolute atomic E-state index is 0.00780. The first-order chi connectivity index (χ1) is 7.86. The van der Waals surface area contributed by atoms with Crippen LogP contribution in [0.1, 0.15) is 44.8 Å². The second kappa shape index (κ2) is 5.48. The van der Waals surface area contributed by atoms with Gasteiger partial charge in [-0.05, 0) is 19.9 Å². The molecular weight excluding hydrogens is 235 g/mol. The number of nitrogens with zero attached hydrogens (tertiary/aromatic N) is 2. The van der Waals surface area contributed by atoms with Crippen LogP contribution in [0.15, 0.2) is 4.52 Å². The Balaban J connectivity index is 2.69. The zero-order chi connectivity index (χ0) is 13.1. The molecule has 2 atom stereocenters. The molecule has 0 bridgehead atoms. The van der Waals surface area contributed by atoms with Gasteiger partial charge >= 0.3 is 6.18 Å². The average molecular weight is 251 g/mol. The van der Waals surface area contributed by atoms with Crippen molar-refractivity contribution >= 4 is 0 Å². The summed E-state index contributed by atoms with van der Waals surface area (Å²) < 4.78 is 41.4. The number of alkyl halides is 3. The van der Waals surface area contributed by atoms with Gasteiger partial charge in [0.15, 0.2) is 0 Å². The fourth-order valence-corrected chi connectivity index (χ4v) is 1.30. The van der Waals surface area contributed by atoms with Gasteiger partial charge in [-0.25, -0.2) is 0 Å². The maximum Gasteiger partial charge on any atom is 0.455 e. The zero-order valence-corrected chi connectivity index (χ0v) is 10.0. The summed E-state index contributed by atoms with van der Waals surface area (Å²) in [4.78, 5) is 3.37. The fraction of sp³-hybridized carbons (Fsp3) is 0.800. The lowest BCUT2D eigenvalue weighted by molar-refractivity contribution is -0.146. The predicted octanol–water partition coefficient (Wildman–Crippen LogP) is 2.58. The van der Waals surface area contributed by atoms with E-state index in [9.17, 15) is 13.2 Å². The number of aromatic nitrogens is 2. The Labute approximate surface area is 97.6 Å². The molecule has 0 amide bonds. The van der Waals surface area contributed by atoms with E-state index in [1.807, 2.05) is 13.8 Å². The molecule has 0 aliphatic carbocycles. The quantitative estimate of drug-likeness (QED) is 0.873. The van der Waals surface area contributed by atoms with Crippen molar-refractivity contribution in [1.29, 1.82) is 0 Å². The van der Waals surface area contributed by atoms with Crippen LogP contribution in [0.4, 0.5) is 13.2 Å². The van der Waals surface area contributed by atoms with Gasteiger partial charge in [0.25, 0.3) is 5.82 Å². The molecule has 1 heterocycles. The zero-order valence-electron chi connectivity index (χ0n) is 10.0. The summed E-state index contributed by atoms with van der Waals surface area (Å²) >= 11 is 0. The highest BCUT2D eigenvalue weighted by atomic mass is 19.4. The van der Waals surface area contributed by atoms with Crippen LogP contribution in [0.25, 0.3) is 0 Å². The van der Waals surface area contributed by atoms with Gasteiger partial charge in [0.05, 0.1) is 5.92 Å². The van der Waals surface area contributed by atoms with Crippen LogP contribution in [0.3, 0.4) is 0 Å². The molecule has 0 radical (unpaired) electrons. The van der Waals surface area contributed by atoms with E-state index in [2.05, 4.69) is 20.0 Å². The van der Waals surface area contributed by atoms with Gasteiger partial charge < -0.3 is 9.84 Å². The number of rotatable bonds is 5. The summed E-state index contributed by atoms with van der Waals surface area (Å²) in [7, 11) is 0. The van der Waals surface area contributed by atoms with E-state index in [1.165, 1.54) is 0 Å². The Hall–Kier alpha value is -1.11. The van der Waals surface area contributed by atoms with Gasteiger partial charge in [-0.3, -0.25) is 0 Å². The Morgan fingerprint density at radius 2 is 2.00 bits per heavy atom. The topological polar surface area (TPSA) is 51.0 Å². The molecule has 0 fully saturated rings. The number of nitrogens with one attached hydrogen (secondary N) is 1. The number of hydrogen-bond donors (Lipinski definition) is 1. The molecule has 1 aromatic heterocycles. The molecule has 98 valence electrons. The molecule has 17 heavy (non-hydrogen) atoms. The molecular formula is C10H16F3N3O. The molecule has 2 unspecified atom stereocenters. The van der Waals surface area contributed by atoms with Crippen molar-refractivity contribution in [3.8, 4) is 0 Å². The summed E-state index contributed by atoms with van der Waals surface area (Å²) in [5, 5.41) is 6.10. The normalized spacial score (nSPS) is 15.9. The van der Waals surface area contributed by atoms with E-state index in [4.69, 9.17) is 0 Å². The molecule has 0 aliphatic heterocycles. The summed E-state index contributed by atoms with van der Waals surface area (Å²) in [6.07, 6.45) is -3.60. The molecule has 1 aromatic rings. The van der Waals surface area contributed by atoms with Crippen molar-refractivity contribution in [2.75, 3.05) is 6.54 Å². The molecule has 4 nitrogen and oxygen atoms in total. The van der Waals surface area contributed by atoms with E-state index in [0.29, 0.717) is 0 Å². The third-order valence-corrected chi connectivity index (χ3v) is 2.55. The van der Waals surface area contributed by atoms with E-state index >= 15 is 0 Å². The van der Waals surface area contributed by atoms with Crippen molar-refractivity contribution in [3.63, 3.8) is 0 Å². The van der Waals surface area contributed by atoms with Gasteiger partial charge in [0, 0.05) is 6.04 Å². The van der Waals surface area contributed by atoms with Gasteiger partial charge in [-0.15, -0.1) is 0 Å². The Bertz CT molecular complexity index is 351. The highest BCUT2D eigenvalue weighted by Gasteiger charge is 2.38. The smallest absolute Gasteiger partial charge is 0.339 e. The molecule has 0 aliphatic rings. The summed E-state index contributed by atoms with van der Waals surface area (Å²) in [6.45, 7) is 6.43. The average Bonchev–Trinajstić information content (AvgIpc) is 2.73. The fourth-order valence-electron chi connectivity index (χ4n) is 1.30. The van der Waals surface area contributed by atoms with Crippen LogP contribution < -0.4 is 5.32 Å². The van der Waals surface area contributed by atoms with Crippen LogP contribution in [0.5, 0.6) is 0 Å².